The highest BCUT2D eigenvalue weighted by Crippen LogP contribution is 2.51. The number of carboxylic acid groups (broad SMARTS) is 1. The Bertz CT molecular complexity index is 954. The Hall–Kier alpha value is -3.02. The number of ether oxygens (including phenoxy) is 2. The molecule has 1 aliphatic heterocycles. The summed E-state index contributed by atoms with van der Waals surface area (Å²) < 4.78 is 11.4. The highest BCUT2D eigenvalue weighted by atomic mass is 16.6. The number of esters is 1. The largest absolute Gasteiger partial charge is 0.489 e. The van der Waals surface area contributed by atoms with Crippen molar-refractivity contribution in [2.45, 2.75) is 45.1 Å². The van der Waals surface area contributed by atoms with Crippen molar-refractivity contribution in [3.8, 4) is 5.75 Å². The Morgan fingerprint density at radius 1 is 1.10 bits per heavy atom. The molecule has 2 aromatic rings. The van der Waals surface area contributed by atoms with E-state index in [1.807, 2.05) is 39.0 Å². The van der Waals surface area contributed by atoms with E-state index in [2.05, 4.69) is 4.90 Å². The summed E-state index contributed by atoms with van der Waals surface area (Å²) in [5.74, 6) is -0.342. The van der Waals surface area contributed by atoms with Gasteiger partial charge >= 0.3 is 11.9 Å². The molecule has 1 heterocycles. The molecule has 0 aromatic heterocycles. The molecule has 0 saturated heterocycles. The lowest BCUT2D eigenvalue weighted by Crippen LogP contribution is -2.29. The SMILES string of the molecule is CC(C)(C)OC(=O)c1ccc(N2CCOc3c2ccc(C(=O)O)c3C2CC2)cc1. The first-order chi connectivity index (χ1) is 13.7. The summed E-state index contributed by atoms with van der Waals surface area (Å²) in [5, 5.41) is 9.58. The maximum atomic E-state index is 12.3. The molecule has 0 amide bonds. The molecule has 29 heavy (non-hydrogen) atoms. The summed E-state index contributed by atoms with van der Waals surface area (Å²) in [5.41, 5.74) is 2.88. The lowest BCUT2D eigenvalue weighted by molar-refractivity contribution is 0.00693. The first-order valence-electron chi connectivity index (χ1n) is 9.88. The van der Waals surface area contributed by atoms with Crippen LogP contribution in [0, 0.1) is 0 Å². The van der Waals surface area contributed by atoms with E-state index in [1.165, 1.54) is 0 Å². The molecule has 1 fully saturated rings. The fourth-order valence-electron chi connectivity index (χ4n) is 3.66. The van der Waals surface area contributed by atoms with Gasteiger partial charge in [-0.3, -0.25) is 0 Å². The van der Waals surface area contributed by atoms with Crippen LogP contribution in [-0.4, -0.2) is 35.8 Å². The smallest absolute Gasteiger partial charge is 0.338 e. The van der Waals surface area contributed by atoms with Gasteiger partial charge in [0.1, 0.15) is 18.0 Å². The zero-order chi connectivity index (χ0) is 20.8. The van der Waals surface area contributed by atoms with E-state index in [0.717, 1.165) is 29.8 Å². The molecule has 0 radical (unpaired) electrons. The molecule has 1 saturated carbocycles. The Morgan fingerprint density at radius 2 is 1.79 bits per heavy atom. The molecule has 0 bridgehead atoms. The van der Waals surface area contributed by atoms with Crippen LogP contribution in [-0.2, 0) is 4.74 Å². The number of carboxylic acids is 1. The molecule has 2 aromatic carbocycles. The predicted molar refractivity (Wildman–Crippen MR) is 109 cm³/mol. The third-order valence-corrected chi connectivity index (χ3v) is 5.06. The lowest BCUT2D eigenvalue weighted by Gasteiger charge is -2.33. The number of aromatic carboxylic acids is 1. The third-order valence-electron chi connectivity index (χ3n) is 5.06. The highest BCUT2D eigenvalue weighted by Gasteiger charge is 2.35. The molecule has 6 heteroatoms. The van der Waals surface area contributed by atoms with Crippen LogP contribution in [0.5, 0.6) is 5.75 Å². The Kier molecular flexibility index (Phi) is 4.73. The first kappa shape index (κ1) is 19.3. The van der Waals surface area contributed by atoms with Crippen LogP contribution in [0.1, 0.15) is 65.8 Å². The fourth-order valence-corrected chi connectivity index (χ4v) is 3.66. The van der Waals surface area contributed by atoms with Gasteiger partial charge in [-0.1, -0.05) is 0 Å². The quantitative estimate of drug-likeness (QED) is 0.753. The molecule has 6 nitrogen and oxygen atoms in total. The van der Waals surface area contributed by atoms with Gasteiger partial charge < -0.3 is 19.5 Å². The van der Waals surface area contributed by atoms with Gasteiger partial charge in [-0.15, -0.1) is 0 Å². The highest BCUT2D eigenvalue weighted by molar-refractivity contribution is 5.93. The van der Waals surface area contributed by atoms with E-state index >= 15 is 0 Å². The van der Waals surface area contributed by atoms with Crippen LogP contribution >= 0.6 is 0 Å². The summed E-state index contributed by atoms with van der Waals surface area (Å²) >= 11 is 0. The molecule has 152 valence electrons. The van der Waals surface area contributed by atoms with Crippen LogP contribution in [0.4, 0.5) is 11.4 Å². The van der Waals surface area contributed by atoms with Crippen molar-refractivity contribution in [1.29, 1.82) is 0 Å². The maximum Gasteiger partial charge on any atom is 0.338 e. The van der Waals surface area contributed by atoms with Crippen molar-refractivity contribution >= 4 is 23.3 Å². The van der Waals surface area contributed by atoms with Gasteiger partial charge in [0.25, 0.3) is 0 Å². The summed E-state index contributed by atoms with van der Waals surface area (Å²) in [6.45, 7) is 6.64. The number of rotatable bonds is 4. The van der Waals surface area contributed by atoms with E-state index in [1.54, 1.807) is 18.2 Å². The van der Waals surface area contributed by atoms with Crippen molar-refractivity contribution in [2.75, 3.05) is 18.1 Å². The Morgan fingerprint density at radius 3 is 2.38 bits per heavy atom. The van der Waals surface area contributed by atoms with Crippen LogP contribution < -0.4 is 9.64 Å². The van der Waals surface area contributed by atoms with E-state index < -0.39 is 11.6 Å². The lowest BCUT2D eigenvalue weighted by atomic mass is 9.99. The van der Waals surface area contributed by atoms with E-state index in [4.69, 9.17) is 9.47 Å². The van der Waals surface area contributed by atoms with Gasteiger partial charge in [-0.2, -0.15) is 0 Å². The van der Waals surface area contributed by atoms with Gasteiger partial charge in [0.15, 0.2) is 0 Å². The number of nitrogens with zero attached hydrogens (tertiary/aromatic N) is 1. The van der Waals surface area contributed by atoms with Crippen molar-refractivity contribution in [2.24, 2.45) is 0 Å². The van der Waals surface area contributed by atoms with Gasteiger partial charge in [-0.05, 0) is 75.9 Å². The fraction of sp³-hybridized carbons (Fsp3) is 0.391. The summed E-state index contributed by atoms with van der Waals surface area (Å²) in [7, 11) is 0. The number of anilines is 2. The summed E-state index contributed by atoms with van der Waals surface area (Å²) in [6.07, 6.45) is 1.98. The van der Waals surface area contributed by atoms with Crippen molar-refractivity contribution in [3.63, 3.8) is 0 Å². The van der Waals surface area contributed by atoms with Gasteiger partial charge in [-0.25, -0.2) is 9.59 Å². The third kappa shape index (κ3) is 3.92. The van der Waals surface area contributed by atoms with Crippen molar-refractivity contribution in [1.82, 2.24) is 0 Å². The Balaban J connectivity index is 1.66. The van der Waals surface area contributed by atoms with Crippen LogP contribution in [0.2, 0.25) is 0 Å². The maximum absolute atomic E-state index is 12.3. The van der Waals surface area contributed by atoms with Gasteiger partial charge in [0.05, 0.1) is 23.4 Å². The molecule has 1 aliphatic carbocycles. The van der Waals surface area contributed by atoms with Crippen LogP contribution in [0.15, 0.2) is 36.4 Å². The standard InChI is InChI=1S/C23H25NO5/c1-23(2,3)29-22(27)15-6-8-16(9-7-15)24-12-13-28-20-18(24)11-10-17(21(25)26)19(20)14-4-5-14/h6-11,14H,4-5,12-13H2,1-3H3,(H,25,26). The molecule has 0 atom stereocenters. The number of benzene rings is 2. The van der Waals surface area contributed by atoms with E-state index in [-0.39, 0.29) is 11.9 Å². The number of hydrogen-bond acceptors (Lipinski definition) is 5. The second-order valence-electron chi connectivity index (χ2n) is 8.50. The minimum absolute atomic E-state index is 0.255. The van der Waals surface area contributed by atoms with Crippen LogP contribution in [0.25, 0.3) is 0 Å². The minimum Gasteiger partial charge on any atom is -0.489 e. The topological polar surface area (TPSA) is 76.1 Å². The zero-order valence-corrected chi connectivity index (χ0v) is 16.9. The number of carbonyl (C=O) groups excluding carboxylic acids is 1. The van der Waals surface area contributed by atoms with Crippen molar-refractivity contribution < 1.29 is 24.2 Å². The normalized spacial score (nSPS) is 16.0. The number of carbonyl (C=O) groups is 2. The first-order valence-corrected chi connectivity index (χ1v) is 9.88. The second-order valence-corrected chi connectivity index (χ2v) is 8.50. The van der Waals surface area contributed by atoms with Crippen molar-refractivity contribution in [3.05, 3.63) is 53.1 Å². The second kappa shape index (κ2) is 7.10. The minimum atomic E-state index is -0.919. The zero-order valence-electron chi connectivity index (χ0n) is 16.9. The average Bonchev–Trinajstić information content (AvgIpc) is 3.50. The summed E-state index contributed by atoms with van der Waals surface area (Å²) in [6, 6.07) is 10.8. The monoisotopic (exact) mass is 395 g/mol. The molecular weight excluding hydrogens is 370 g/mol. The molecule has 1 N–H and O–H groups in total. The van der Waals surface area contributed by atoms with E-state index in [0.29, 0.717) is 30.0 Å². The molecular formula is C23H25NO5. The Labute approximate surface area is 170 Å². The molecule has 0 unspecified atom stereocenters. The molecule has 0 spiro atoms. The summed E-state index contributed by atoms with van der Waals surface area (Å²) in [4.78, 5) is 26.0. The number of fused-ring (bicyclic) bond motifs is 1. The van der Waals surface area contributed by atoms with Crippen LogP contribution in [0.3, 0.4) is 0 Å². The van der Waals surface area contributed by atoms with E-state index in [9.17, 15) is 14.7 Å². The van der Waals surface area contributed by atoms with Gasteiger partial charge in [0.2, 0.25) is 0 Å². The molecule has 2 aliphatic rings. The average molecular weight is 395 g/mol. The predicted octanol–water partition coefficient (Wildman–Crippen LogP) is 4.75. The number of hydrogen-bond donors (Lipinski definition) is 1. The van der Waals surface area contributed by atoms with Gasteiger partial charge in [0, 0.05) is 11.3 Å². The molecule has 4 rings (SSSR count).